The van der Waals surface area contributed by atoms with Gasteiger partial charge in [0, 0.05) is 18.1 Å². The minimum Gasteiger partial charge on any atom is -0.355 e. The Hall–Kier alpha value is -2.09. The van der Waals surface area contributed by atoms with Gasteiger partial charge in [0.2, 0.25) is 5.91 Å². The van der Waals surface area contributed by atoms with Crippen LogP contribution in [0.2, 0.25) is 5.02 Å². The molecule has 1 aromatic carbocycles. The van der Waals surface area contributed by atoms with Crippen LogP contribution < -0.4 is 10.7 Å². The number of carbonyl (C=O) groups excluding carboxylic acids is 2. The van der Waals surface area contributed by atoms with Gasteiger partial charge in [-0.05, 0) is 57.3 Å². The minimum absolute atomic E-state index is 0.0836. The smallest absolute Gasteiger partial charge is 0.271 e. The molecule has 32 heavy (non-hydrogen) atoms. The first-order valence-electron chi connectivity index (χ1n) is 11.6. The van der Waals surface area contributed by atoms with Crippen LogP contribution in [-0.4, -0.2) is 72.9 Å². The Balaban J connectivity index is 1.68. The number of fused-ring (bicyclic) bond motifs is 1. The van der Waals surface area contributed by atoms with Gasteiger partial charge in [-0.3, -0.25) is 14.6 Å². The number of rotatable bonds is 11. The number of nitrogens with zero attached hydrogens (tertiary/aromatic N) is 3. The highest BCUT2D eigenvalue weighted by molar-refractivity contribution is 6.30. The summed E-state index contributed by atoms with van der Waals surface area (Å²) in [6.07, 6.45) is 7.23. The summed E-state index contributed by atoms with van der Waals surface area (Å²) >= 11 is 6.04. The molecule has 0 aromatic heterocycles. The normalized spacial score (nSPS) is 20.5. The third kappa shape index (κ3) is 6.47. The maximum absolute atomic E-state index is 13.2. The summed E-state index contributed by atoms with van der Waals surface area (Å²) in [5.74, 6) is -0.192. The second-order valence-corrected chi connectivity index (χ2v) is 9.36. The molecule has 0 aliphatic carbocycles. The van der Waals surface area contributed by atoms with Crippen LogP contribution in [0.25, 0.3) is 0 Å². The molecule has 2 amide bonds. The predicted octanol–water partition coefficient (Wildman–Crippen LogP) is 2.94. The van der Waals surface area contributed by atoms with Gasteiger partial charge in [0.15, 0.2) is 0 Å². The maximum atomic E-state index is 13.2. The third-order valence-electron chi connectivity index (χ3n) is 5.97. The first-order chi connectivity index (χ1) is 15.4. The Kier molecular flexibility index (Phi) is 8.96. The predicted molar refractivity (Wildman–Crippen MR) is 128 cm³/mol. The van der Waals surface area contributed by atoms with E-state index >= 15 is 0 Å². The molecule has 0 bridgehead atoms. The van der Waals surface area contributed by atoms with Gasteiger partial charge in [0.05, 0.1) is 18.6 Å². The van der Waals surface area contributed by atoms with Gasteiger partial charge in [-0.15, -0.1) is 0 Å². The van der Waals surface area contributed by atoms with Crippen LogP contribution in [0.5, 0.6) is 0 Å². The van der Waals surface area contributed by atoms with Crippen LogP contribution in [0.1, 0.15) is 50.6 Å². The summed E-state index contributed by atoms with van der Waals surface area (Å²) in [7, 11) is 4.03. The lowest BCUT2D eigenvalue weighted by Gasteiger charge is -2.41. The molecule has 0 saturated carbocycles. The number of hydrogen-bond donors (Lipinski definition) is 2. The molecule has 2 atom stereocenters. The monoisotopic (exact) mass is 461 g/mol. The molecule has 1 saturated heterocycles. The van der Waals surface area contributed by atoms with Crippen molar-refractivity contribution in [1.29, 1.82) is 0 Å². The van der Waals surface area contributed by atoms with Crippen molar-refractivity contribution in [3.8, 4) is 0 Å². The number of piperazine rings is 1. The summed E-state index contributed by atoms with van der Waals surface area (Å²) in [6.45, 7) is 4.37. The molecular formula is C24H36ClN5O2. The largest absolute Gasteiger partial charge is 0.355 e. The molecule has 2 unspecified atom stereocenters. The average molecular weight is 462 g/mol. The van der Waals surface area contributed by atoms with Crippen molar-refractivity contribution in [2.45, 2.75) is 51.1 Å². The van der Waals surface area contributed by atoms with Crippen LogP contribution in [0.15, 0.2) is 36.0 Å². The summed E-state index contributed by atoms with van der Waals surface area (Å²) in [4.78, 5) is 29.5. The highest BCUT2D eigenvalue weighted by Gasteiger charge is 2.41. The van der Waals surface area contributed by atoms with Gasteiger partial charge < -0.3 is 15.1 Å². The topological polar surface area (TPSA) is 67.9 Å². The molecule has 2 aliphatic heterocycles. The highest BCUT2D eigenvalue weighted by atomic mass is 35.5. The van der Waals surface area contributed by atoms with Gasteiger partial charge >= 0.3 is 0 Å². The molecule has 8 heteroatoms. The highest BCUT2D eigenvalue weighted by Crippen LogP contribution is 2.32. The van der Waals surface area contributed by atoms with E-state index in [1.807, 2.05) is 49.4 Å². The Morgan fingerprint density at radius 3 is 2.66 bits per heavy atom. The SMILES string of the molecule is CCCCCC1CN(CC(=O)NCCCN(C)C)C(=O)C2=CC(c3ccc(Cl)cc3)NN21. The van der Waals surface area contributed by atoms with E-state index in [0.29, 0.717) is 23.8 Å². The molecule has 1 fully saturated rings. The summed E-state index contributed by atoms with van der Waals surface area (Å²) in [5.41, 5.74) is 5.20. The van der Waals surface area contributed by atoms with Crippen molar-refractivity contribution in [1.82, 2.24) is 25.6 Å². The minimum atomic E-state index is -0.0985. The van der Waals surface area contributed by atoms with Crippen molar-refractivity contribution in [2.75, 3.05) is 40.3 Å². The standard InChI is InChI=1S/C24H36ClN5O2/c1-4-5-6-8-20-16-29(17-23(31)26-13-7-14-28(2)3)24(32)22-15-21(27-30(20)22)18-9-11-19(25)12-10-18/h9-12,15,20-21,27H,4-8,13-14,16-17H2,1-3H3,(H,26,31). The Morgan fingerprint density at radius 1 is 1.22 bits per heavy atom. The number of nitrogens with one attached hydrogen (secondary N) is 2. The molecule has 1 aromatic rings. The molecule has 176 valence electrons. The van der Waals surface area contributed by atoms with Crippen LogP contribution in [0.4, 0.5) is 0 Å². The van der Waals surface area contributed by atoms with Crippen molar-refractivity contribution in [3.05, 3.63) is 46.6 Å². The van der Waals surface area contributed by atoms with Crippen LogP contribution in [0.3, 0.4) is 0 Å². The molecule has 3 rings (SSSR count). The molecule has 0 radical (unpaired) electrons. The average Bonchev–Trinajstić information content (AvgIpc) is 3.21. The number of hydrogen-bond acceptors (Lipinski definition) is 5. The number of benzene rings is 1. The zero-order chi connectivity index (χ0) is 23.1. The van der Waals surface area contributed by atoms with E-state index < -0.39 is 0 Å². The number of halogens is 1. The van der Waals surface area contributed by atoms with Crippen molar-refractivity contribution < 1.29 is 9.59 Å². The zero-order valence-corrected chi connectivity index (χ0v) is 20.2. The molecule has 0 spiro atoms. The quantitative estimate of drug-likeness (QED) is 0.496. The number of hydrazine groups is 1. The van der Waals surface area contributed by atoms with E-state index in [1.54, 1.807) is 4.90 Å². The lowest BCUT2D eigenvalue weighted by atomic mass is 10.0. The summed E-state index contributed by atoms with van der Waals surface area (Å²) < 4.78 is 0. The number of amides is 2. The van der Waals surface area contributed by atoms with Gasteiger partial charge in [0.25, 0.3) is 5.91 Å². The van der Waals surface area contributed by atoms with E-state index in [-0.39, 0.29) is 30.4 Å². The van der Waals surface area contributed by atoms with E-state index in [9.17, 15) is 9.59 Å². The van der Waals surface area contributed by atoms with Gasteiger partial charge in [-0.1, -0.05) is 49.9 Å². The van der Waals surface area contributed by atoms with Crippen molar-refractivity contribution >= 4 is 23.4 Å². The fourth-order valence-corrected chi connectivity index (χ4v) is 4.36. The lowest BCUT2D eigenvalue weighted by molar-refractivity contribution is -0.138. The van der Waals surface area contributed by atoms with E-state index in [0.717, 1.165) is 44.2 Å². The van der Waals surface area contributed by atoms with Crippen LogP contribution >= 0.6 is 11.6 Å². The van der Waals surface area contributed by atoms with Crippen molar-refractivity contribution in [3.63, 3.8) is 0 Å². The zero-order valence-electron chi connectivity index (χ0n) is 19.4. The second-order valence-electron chi connectivity index (χ2n) is 8.92. The van der Waals surface area contributed by atoms with Gasteiger partial charge in [-0.25, -0.2) is 5.43 Å². The third-order valence-corrected chi connectivity index (χ3v) is 6.23. The van der Waals surface area contributed by atoms with Gasteiger partial charge in [-0.2, -0.15) is 0 Å². The first-order valence-corrected chi connectivity index (χ1v) is 12.0. The van der Waals surface area contributed by atoms with Crippen LogP contribution in [0, 0.1) is 0 Å². The fourth-order valence-electron chi connectivity index (χ4n) is 4.23. The Bertz CT molecular complexity index is 811. The second kappa shape index (κ2) is 11.7. The Morgan fingerprint density at radius 2 is 1.97 bits per heavy atom. The molecule has 7 nitrogen and oxygen atoms in total. The lowest BCUT2D eigenvalue weighted by Crippen LogP contribution is -2.58. The van der Waals surface area contributed by atoms with Gasteiger partial charge in [0.1, 0.15) is 5.70 Å². The van der Waals surface area contributed by atoms with E-state index in [1.165, 1.54) is 0 Å². The van der Waals surface area contributed by atoms with E-state index in [4.69, 9.17) is 11.6 Å². The first kappa shape index (κ1) is 24.6. The Labute approximate surface area is 196 Å². The fraction of sp³-hybridized carbons (Fsp3) is 0.583. The van der Waals surface area contributed by atoms with Crippen molar-refractivity contribution in [2.24, 2.45) is 0 Å². The molecule has 2 aliphatic rings. The maximum Gasteiger partial charge on any atom is 0.271 e. The van der Waals surface area contributed by atoms with Crippen LogP contribution in [-0.2, 0) is 9.59 Å². The van der Waals surface area contributed by atoms with E-state index in [2.05, 4.69) is 22.6 Å². The molecule has 2 heterocycles. The molecule has 2 N–H and O–H groups in total. The molecular weight excluding hydrogens is 426 g/mol. The summed E-state index contributed by atoms with van der Waals surface area (Å²) in [5, 5.41) is 5.67. The number of unbranched alkanes of at least 4 members (excludes halogenated alkanes) is 2. The summed E-state index contributed by atoms with van der Waals surface area (Å²) in [6, 6.07) is 7.74. The number of carbonyl (C=O) groups is 2.